The number of amides is 2. The van der Waals surface area contributed by atoms with Crippen LogP contribution in [0.25, 0.3) is 0 Å². The smallest absolute Gasteiger partial charge is 0.410 e. The van der Waals surface area contributed by atoms with Crippen molar-refractivity contribution in [1.82, 2.24) is 4.90 Å². The highest BCUT2D eigenvalue weighted by Crippen LogP contribution is 2.24. The van der Waals surface area contributed by atoms with Crippen LogP contribution in [0.5, 0.6) is 0 Å². The van der Waals surface area contributed by atoms with E-state index in [2.05, 4.69) is 0 Å². The normalized spacial score (nSPS) is 17.3. The molecule has 2 atom stereocenters. The van der Waals surface area contributed by atoms with Gasteiger partial charge in [0, 0.05) is 18.8 Å². The van der Waals surface area contributed by atoms with Gasteiger partial charge >= 0.3 is 12.1 Å². The highest BCUT2D eigenvalue weighted by Gasteiger charge is 2.46. The van der Waals surface area contributed by atoms with Crippen LogP contribution in [0, 0.1) is 6.92 Å². The fourth-order valence-electron chi connectivity index (χ4n) is 3.40. The van der Waals surface area contributed by atoms with Crippen molar-refractivity contribution in [3.8, 4) is 0 Å². The SMILES string of the molecule is CCOC(=O)C(O)C1C(=O)N(c2ccc(C)cc2)CCN1C(=O)OCc1ccccc1. The molecule has 1 saturated heterocycles. The van der Waals surface area contributed by atoms with Gasteiger partial charge in [0.1, 0.15) is 6.61 Å². The quantitative estimate of drug-likeness (QED) is 0.712. The average molecular weight is 426 g/mol. The van der Waals surface area contributed by atoms with Crippen LogP contribution in [0.4, 0.5) is 10.5 Å². The van der Waals surface area contributed by atoms with Crippen LogP contribution in [-0.2, 0) is 25.7 Å². The van der Waals surface area contributed by atoms with E-state index in [0.29, 0.717) is 5.69 Å². The molecule has 8 nitrogen and oxygen atoms in total. The molecule has 1 N–H and O–H groups in total. The number of aryl methyl sites for hydroxylation is 1. The van der Waals surface area contributed by atoms with Gasteiger partial charge in [0.05, 0.1) is 6.61 Å². The fourth-order valence-corrected chi connectivity index (χ4v) is 3.40. The Morgan fingerprint density at radius 1 is 1.06 bits per heavy atom. The molecule has 2 aromatic carbocycles. The van der Waals surface area contributed by atoms with E-state index >= 15 is 0 Å². The molecule has 2 amide bonds. The summed E-state index contributed by atoms with van der Waals surface area (Å²) in [6.07, 6.45) is -2.61. The number of hydrogen-bond donors (Lipinski definition) is 1. The van der Waals surface area contributed by atoms with Crippen LogP contribution in [0.2, 0.25) is 0 Å². The van der Waals surface area contributed by atoms with Gasteiger partial charge in [-0.1, -0.05) is 48.0 Å². The predicted octanol–water partition coefficient (Wildman–Crippen LogP) is 2.27. The van der Waals surface area contributed by atoms with E-state index in [4.69, 9.17) is 9.47 Å². The first-order valence-electron chi connectivity index (χ1n) is 10.1. The molecule has 0 spiro atoms. The van der Waals surface area contributed by atoms with E-state index in [1.54, 1.807) is 31.2 Å². The van der Waals surface area contributed by atoms with Crippen LogP contribution in [-0.4, -0.2) is 59.8 Å². The molecule has 1 aliphatic heterocycles. The van der Waals surface area contributed by atoms with Gasteiger partial charge in [-0.2, -0.15) is 0 Å². The molecule has 2 unspecified atom stereocenters. The van der Waals surface area contributed by atoms with Crippen molar-refractivity contribution in [3.63, 3.8) is 0 Å². The van der Waals surface area contributed by atoms with Gasteiger partial charge in [0.25, 0.3) is 5.91 Å². The van der Waals surface area contributed by atoms with Crippen LogP contribution in [0.15, 0.2) is 54.6 Å². The number of hydrogen-bond acceptors (Lipinski definition) is 6. The maximum atomic E-state index is 13.3. The van der Waals surface area contributed by atoms with Crippen molar-refractivity contribution in [1.29, 1.82) is 0 Å². The van der Waals surface area contributed by atoms with E-state index in [1.165, 1.54) is 4.90 Å². The molecular weight excluding hydrogens is 400 g/mol. The van der Waals surface area contributed by atoms with E-state index in [1.807, 2.05) is 37.3 Å². The molecular formula is C23H26N2O6. The summed E-state index contributed by atoms with van der Waals surface area (Å²) in [7, 11) is 0. The molecule has 0 saturated carbocycles. The number of ether oxygens (including phenoxy) is 2. The van der Waals surface area contributed by atoms with Gasteiger partial charge in [0.15, 0.2) is 12.1 Å². The highest BCUT2D eigenvalue weighted by atomic mass is 16.6. The lowest BCUT2D eigenvalue weighted by Gasteiger charge is -2.41. The zero-order valence-electron chi connectivity index (χ0n) is 17.6. The Kier molecular flexibility index (Phi) is 7.25. The number of esters is 1. The van der Waals surface area contributed by atoms with E-state index in [-0.39, 0.29) is 26.3 Å². The largest absolute Gasteiger partial charge is 0.464 e. The summed E-state index contributed by atoms with van der Waals surface area (Å²) < 4.78 is 10.2. The predicted molar refractivity (Wildman–Crippen MR) is 113 cm³/mol. The highest BCUT2D eigenvalue weighted by molar-refractivity contribution is 6.02. The van der Waals surface area contributed by atoms with Gasteiger partial charge < -0.3 is 19.5 Å². The lowest BCUT2D eigenvalue weighted by molar-refractivity contribution is -0.159. The summed E-state index contributed by atoms with van der Waals surface area (Å²) in [5.41, 5.74) is 2.43. The van der Waals surface area contributed by atoms with Gasteiger partial charge in [-0.15, -0.1) is 0 Å². The number of rotatable bonds is 6. The number of aliphatic hydroxyl groups is 1. The molecule has 0 bridgehead atoms. The standard InChI is InChI=1S/C23H26N2O6/c1-3-30-22(28)20(26)19-21(27)24(18-11-9-16(2)10-12-18)13-14-25(19)23(29)31-15-17-7-5-4-6-8-17/h4-12,19-20,26H,3,13-15H2,1-2H3. The number of aliphatic hydroxyl groups excluding tert-OH is 1. The first-order chi connectivity index (χ1) is 14.9. The van der Waals surface area contributed by atoms with E-state index < -0.39 is 30.1 Å². The summed E-state index contributed by atoms with van der Waals surface area (Å²) in [4.78, 5) is 40.8. The fraction of sp³-hybridized carbons (Fsp3) is 0.348. The summed E-state index contributed by atoms with van der Waals surface area (Å²) >= 11 is 0. The minimum absolute atomic E-state index is 0.00820. The van der Waals surface area contributed by atoms with Crippen molar-refractivity contribution in [2.24, 2.45) is 0 Å². The first-order valence-corrected chi connectivity index (χ1v) is 10.1. The van der Waals surface area contributed by atoms with Gasteiger partial charge in [0.2, 0.25) is 0 Å². The molecule has 8 heteroatoms. The summed E-state index contributed by atoms with van der Waals surface area (Å²) in [6.45, 7) is 3.87. The molecule has 0 radical (unpaired) electrons. The third kappa shape index (κ3) is 5.21. The van der Waals surface area contributed by atoms with Crippen LogP contribution in [0.3, 0.4) is 0 Å². The Balaban J connectivity index is 1.81. The number of carbonyl (C=O) groups is 3. The molecule has 1 fully saturated rings. The van der Waals surface area contributed by atoms with Crippen molar-refractivity contribution in [3.05, 3.63) is 65.7 Å². The van der Waals surface area contributed by atoms with Crippen molar-refractivity contribution < 1.29 is 29.0 Å². The number of benzene rings is 2. The Labute approximate surface area is 181 Å². The number of carbonyl (C=O) groups excluding carboxylic acids is 3. The third-order valence-electron chi connectivity index (χ3n) is 5.03. The van der Waals surface area contributed by atoms with Crippen LogP contribution >= 0.6 is 0 Å². The van der Waals surface area contributed by atoms with Crippen molar-refractivity contribution in [2.75, 3.05) is 24.6 Å². The topological polar surface area (TPSA) is 96.4 Å². The molecule has 31 heavy (non-hydrogen) atoms. The van der Waals surface area contributed by atoms with E-state index in [9.17, 15) is 19.5 Å². The zero-order valence-corrected chi connectivity index (χ0v) is 17.6. The first kappa shape index (κ1) is 22.3. The summed E-state index contributed by atoms with van der Waals surface area (Å²) in [6, 6.07) is 14.9. The minimum atomic E-state index is -1.83. The van der Waals surface area contributed by atoms with Gasteiger partial charge in [-0.25, -0.2) is 9.59 Å². The van der Waals surface area contributed by atoms with Gasteiger partial charge in [-0.3, -0.25) is 9.69 Å². The second-order valence-electron chi connectivity index (χ2n) is 7.20. The average Bonchev–Trinajstić information content (AvgIpc) is 2.78. The Bertz CT molecular complexity index is 915. The minimum Gasteiger partial charge on any atom is -0.464 e. The van der Waals surface area contributed by atoms with Crippen LogP contribution < -0.4 is 4.90 Å². The molecule has 1 heterocycles. The zero-order chi connectivity index (χ0) is 22.4. The number of nitrogens with zero attached hydrogens (tertiary/aromatic N) is 2. The second kappa shape index (κ2) is 10.1. The lowest BCUT2D eigenvalue weighted by Crippen LogP contribution is -2.64. The van der Waals surface area contributed by atoms with Gasteiger partial charge in [-0.05, 0) is 31.5 Å². The Morgan fingerprint density at radius 2 is 1.74 bits per heavy atom. The van der Waals surface area contributed by atoms with Crippen molar-refractivity contribution in [2.45, 2.75) is 32.6 Å². The Morgan fingerprint density at radius 3 is 2.39 bits per heavy atom. The molecule has 164 valence electrons. The summed E-state index contributed by atoms with van der Waals surface area (Å²) in [5.74, 6) is -1.54. The van der Waals surface area contributed by atoms with Crippen molar-refractivity contribution >= 4 is 23.7 Å². The van der Waals surface area contributed by atoms with Crippen LogP contribution in [0.1, 0.15) is 18.1 Å². The second-order valence-corrected chi connectivity index (χ2v) is 7.20. The third-order valence-corrected chi connectivity index (χ3v) is 5.03. The molecule has 0 aliphatic carbocycles. The number of anilines is 1. The monoisotopic (exact) mass is 426 g/mol. The van der Waals surface area contributed by atoms with E-state index in [0.717, 1.165) is 16.0 Å². The number of piperazine rings is 1. The molecule has 3 rings (SSSR count). The molecule has 1 aliphatic rings. The molecule has 2 aromatic rings. The lowest BCUT2D eigenvalue weighted by atomic mass is 10.0. The maximum Gasteiger partial charge on any atom is 0.410 e. The summed E-state index contributed by atoms with van der Waals surface area (Å²) in [5, 5.41) is 10.6. The maximum absolute atomic E-state index is 13.3. The molecule has 0 aromatic heterocycles. The Hall–Kier alpha value is -3.39.